The molecule has 0 aliphatic carbocycles. The number of carbonyl (C=O) groups is 2. The lowest BCUT2D eigenvalue weighted by atomic mass is 9.80. The molecule has 0 heterocycles. The number of alkyl carbamates (subject to hydrolysis) is 1. The van der Waals surface area contributed by atoms with Crippen molar-refractivity contribution in [2.24, 2.45) is 5.92 Å². The molecule has 134 valence electrons. The minimum Gasteiger partial charge on any atom is -0.466 e. The smallest absolute Gasteiger partial charge is 0.408 e. The van der Waals surface area contributed by atoms with Crippen molar-refractivity contribution in [3.63, 3.8) is 0 Å². The molecule has 1 N–H and O–H groups in total. The van der Waals surface area contributed by atoms with Gasteiger partial charge in [-0.2, -0.15) is 0 Å². The first-order valence-electron chi connectivity index (χ1n) is 7.94. The van der Waals surface area contributed by atoms with Gasteiger partial charge in [0.2, 0.25) is 0 Å². The zero-order valence-corrected chi connectivity index (χ0v) is 15.1. The monoisotopic (exact) mass is 339 g/mol. The Balaban J connectivity index is 3.24. The van der Waals surface area contributed by atoms with E-state index in [2.05, 4.69) is 5.32 Å². The molecule has 2 unspecified atom stereocenters. The first-order valence-corrected chi connectivity index (χ1v) is 7.94. The molecule has 0 fully saturated rings. The lowest BCUT2D eigenvalue weighted by Crippen LogP contribution is -2.52. The third-order valence-electron chi connectivity index (χ3n) is 3.70. The van der Waals surface area contributed by atoms with Crippen molar-refractivity contribution < 1.29 is 23.5 Å². The van der Waals surface area contributed by atoms with Crippen LogP contribution in [0, 0.1) is 11.7 Å². The number of nitrogens with one attached hydrogen (secondary N) is 1. The summed E-state index contributed by atoms with van der Waals surface area (Å²) in [7, 11) is 0. The van der Waals surface area contributed by atoms with Crippen molar-refractivity contribution in [2.45, 2.75) is 52.7 Å². The van der Waals surface area contributed by atoms with E-state index in [1.165, 1.54) is 12.1 Å². The number of halogens is 1. The lowest BCUT2D eigenvalue weighted by Gasteiger charge is -2.36. The predicted molar refractivity (Wildman–Crippen MR) is 88.9 cm³/mol. The first-order chi connectivity index (χ1) is 11.0. The van der Waals surface area contributed by atoms with Crippen molar-refractivity contribution in [1.82, 2.24) is 5.32 Å². The Morgan fingerprint density at radius 2 is 1.79 bits per heavy atom. The zero-order chi connectivity index (χ0) is 18.5. The highest BCUT2D eigenvalue weighted by atomic mass is 19.1. The molecule has 1 amide bonds. The molecule has 0 aliphatic rings. The molecule has 0 spiro atoms. The van der Waals surface area contributed by atoms with Crippen LogP contribution in [-0.2, 0) is 19.8 Å². The van der Waals surface area contributed by atoms with Crippen molar-refractivity contribution >= 4 is 12.1 Å². The van der Waals surface area contributed by atoms with Gasteiger partial charge in [-0.1, -0.05) is 18.2 Å². The number of carbonyl (C=O) groups excluding carboxylic acids is 2. The average molecular weight is 339 g/mol. The van der Waals surface area contributed by atoms with Crippen LogP contribution in [0.1, 0.15) is 47.1 Å². The third-order valence-corrected chi connectivity index (χ3v) is 3.70. The van der Waals surface area contributed by atoms with Crippen LogP contribution in [0.2, 0.25) is 0 Å². The van der Waals surface area contributed by atoms with Gasteiger partial charge in [0.15, 0.2) is 0 Å². The number of esters is 1. The fourth-order valence-corrected chi connectivity index (χ4v) is 2.31. The molecule has 1 rings (SSSR count). The van der Waals surface area contributed by atoms with Crippen molar-refractivity contribution in [3.8, 4) is 0 Å². The van der Waals surface area contributed by atoms with Gasteiger partial charge in [0.05, 0.1) is 18.1 Å². The fraction of sp³-hybridized carbons (Fsp3) is 0.556. The summed E-state index contributed by atoms with van der Waals surface area (Å²) in [4.78, 5) is 24.4. The van der Waals surface area contributed by atoms with Gasteiger partial charge >= 0.3 is 12.1 Å². The molecule has 0 saturated heterocycles. The summed E-state index contributed by atoms with van der Waals surface area (Å²) in [5.41, 5.74) is -1.84. The van der Waals surface area contributed by atoms with Crippen LogP contribution in [0.25, 0.3) is 0 Å². The molecule has 5 nitrogen and oxygen atoms in total. The third kappa shape index (κ3) is 4.94. The number of hydrogen-bond acceptors (Lipinski definition) is 4. The van der Waals surface area contributed by atoms with Crippen LogP contribution < -0.4 is 5.32 Å². The highest BCUT2D eigenvalue weighted by molar-refractivity contribution is 5.77. The second-order valence-corrected chi connectivity index (χ2v) is 6.78. The van der Waals surface area contributed by atoms with E-state index in [1.54, 1.807) is 53.7 Å². The second-order valence-electron chi connectivity index (χ2n) is 6.78. The van der Waals surface area contributed by atoms with Gasteiger partial charge in [0, 0.05) is 5.56 Å². The summed E-state index contributed by atoms with van der Waals surface area (Å²) >= 11 is 0. The molecule has 0 aromatic heterocycles. The molecule has 0 radical (unpaired) electrons. The van der Waals surface area contributed by atoms with Gasteiger partial charge in [0.1, 0.15) is 11.4 Å². The van der Waals surface area contributed by atoms with Crippen LogP contribution in [0.5, 0.6) is 0 Å². The summed E-state index contributed by atoms with van der Waals surface area (Å²) in [6.07, 6.45) is -0.732. The van der Waals surface area contributed by atoms with Gasteiger partial charge in [0.25, 0.3) is 0 Å². The normalized spacial score (nSPS) is 15.1. The first kappa shape index (κ1) is 19.9. The Kier molecular flexibility index (Phi) is 6.35. The van der Waals surface area contributed by atoms with E-state index in [0.717, 1.165) is 0 Å². The SMILES string of the molecule is CCOC(=O)C(C)C(C)(NC(=O)OC(C)(C)C)c1ccccc1F. The van der Waals surface area contributed by atoms with Gasteiger partial charge in [-0.3, -0.25) is 4.79 Å². The summed E-state index contributed by atoms with van der Waals surface area (Å²) in [5, 5.41) is 2.64. The lowest BCUT2D eigenvalue weighted by molar-refractivity contribution is -0.150. The van der Waals surface area contributed by atoms with E-state index in [4.69, 9.17) is 9.47 Å². The van der Waals surface area contributed by atoms with Crippen LogP contribution in [0.15, 0.2) is 24.3 Å². The van der Waals surface area contributed by atoms with E-state index in [9.17, 15) is 14.0 Å². The summed E-state index contributed by atoms with van der Waals surface area (Å²) < 4.78 is 24.6. The van der Waals surface area contributed by atoms with Crippen molar-refractivity contribution in [2.75, 3.05) is 6.61 Å². The predicted octanol–water partition coefficient (Wildman–Crippen LogP) is 3.76. The van der Waals surface area contributed by atoms with E-state index >= 15 is 0 Å². The molecular formula is C18H26FNO4. The van der Waals surface area contributed by atoms with Gasteiger partial charge < -0.3 is 14.8 Å². The Labute approximate surface area is 142 Å². The summed E-state index contributed by atoms with van der Waals surface area (Å²) in [6.45, 7) is 10.2. The average Bonchev–Trinajstić information content (AvgIpc) is 2.44. The molecule has 1 aromatic rings. The summed E-state index contributed by atoms with van der Waals surface area (Å²) in [5.74, 6) is -1.87. The molecule has 0 saturated carbocycles. The number of rotatable bonds is 5. The van der Waals surface area contributed by atoms with E-state index in [0.29, 0.717) is 0 Å². The second kappa shape index (κ2) is 7.64. The van der Waals surface area contributed by atoms with Crippen LogP contribution in [-0.4, -0.2) is 24.3 Å². The Hall–Kier alpha value is -2.11. The standard InChI is InChI=1S/C18H26FNO4/c1-7-23-15(21)12(2)18(6,13-10-8-9-11-14(13)19)20-16(22)24-17(3,4)5/h8-12H,7H2,1-6H3,(H,20,22). The molecule has 2 atom stereocenters. The Morgan fingerprint density at radius 1 is 1.21 bits per heavy atom. The number of ether oxygens (including phenoxy) is 2. The number of amides is 1. The Morgan fingerprint density at radius 3 is 2.29 bits per heavy atom. The van der Waals surface area contributed by atoms with Gasteiger partial charge in [-0.15, -0.1) is 0 Å². The highest BCUT2D eigenvalue weighted by Gasteiger charge is 2.42. The minimum absolute atomic E-state index is 0.191. The maximum atomic E-state index is 14.3. The van der Waals surface area contributed by atoms with E-state index in [1.807, 2.05) is 0 Å². The molecule has 0 aliphatic heterocycles. The molecule has 24 heavy (non-hydrogen) atoms. The number of hydrogen-bond donors (Lipinski definition) is 1. The van der Waals surface area contributed by atoms with Crippen LogP contribution >= 0.6 is 0 Å². The van der Waals surface area contributed by atoms with Gasteiger partial charge in [-0.05, 0) is 47.6 Å². The zero-order valence-electron chi connectivity index (χ0n) is 15.1. The van der Waals surface area contributed by atoms with E-state index in [-0.39, 0.29) is 12.2 Å². The quantitative estimate of drug-likeness (QED) is 0.830. The van der Waals surface area contributed by atoms with Crippen LogP contribution in [0.4, 0.5) is 9.18 Å². The maximum absolute atomic E-state index is 14.3. The van der Waals surface area contributed by atoms with Crippen LogP contribution in [0.3, 0.4) is 0 Å². The topological polar surface area (TPSA) is 64.6 Å². The highest BCUT2D eigenvalue weighted by Crippen LogP contribution is 2.32. The fourth-order valence-electron chi connectivity index (χ4n) is 2.31. The molecule has 1 aromatic carbocycles. The largest absolute Gasteiger partial charge is 0.466 e. The van der Waals surface area contributed by atoms with Crippen molar-refractivity contribution in [1.29, 1.82) is 0 Å². The molecule has 0 bridgehead atoms. The summed E-state index contributed by atoms with van der Waals surface area (Å²) in [6, 6.07) is 6.00. The number of benzene rings is 1. The van der Waals surface area contributed by atoms with E-state index < -0.39 is 34.9 Å². The Bertz CT molecular complexity index is 597. The van der Waals surface area contributed by atoms with Crippen molar-refractivity contribution in [3.05, 3.63) is 35.6 Å². The molecule has 6 heteroatoms. The molecular weight excluding hydrogens is 313 g/mol. The maximum Gasteiger partial charge on any atom is 0.408 e. The minimum atomic E-state index is -1.32. The van der Waals surface area contributed by atoms with Gasteiger partial charge in [-0.25, -0.2) is 9.18 Å².